The summed E-state index contributed by atoms with van der Waals surface area (Å²) in [6, 6.07) is 9.72. The monoisotopic (exact) mass is 390 g/mol. The standard InChI is InChI=1S/C18H18N2O4S2/c1-4-24-18(21)16-17(25-3)19-15-10-9-14(11-20(15)16)26(22,23)13-7-5-12(2)6-8-13/h5-11H,4H2,1-3H3. The molecule has 2 aromatic heterocycles. The third kappa shape index (κ3) is 3.22. The molecule has 0 aliphatic carbocycles. The number of esters is 1. The van der Waals surface area contributed by atoms with Gasteiger partial charge in [-0.15, -0.1) is 11.8 Å². The van der Waals surface area contributed by atoms with Crippen molar-refractivity contribution in [2.75, 3.05) is 12.9 Å². The molecule has 0 aliphatic heterocycles. The Balaban J connectivity index is 2.18. The first-order valence-corrected chi connectivity index (χ1v) is 10.6. The maximum atomic E-state index is 12.9. The van der Waals surface area contributed by atoms with Crippen molar-refractivity contribution in [3.8, 4) is 0 Å². The minimum atomic E-state index is -3.71. The maximum absolute atomic E-state index is 12.9. The second kappa shape index (κ2) is 7.13. The van der Waals surface area contributed by atoms with Crippen LogP contribution in [0.2, 0.25) is 0 Å². The summed E-state index contributed by atoms with van der Waals surface area (Å²) in [7, 11) is -3.71. The number of carbonyl (C=O) groups is 1. The van der Waals surface area contributed by atoms with Gasteiger partial charge in [-0.25, -0.2) is 18.2 Å². The summed E-state index contributed by atoms with van der Waals surface area (Å²) in [6.45, 7) is 3.83. The summed E-state index contributed by atoms with van der Waals surface area (Å²) < 4.78 is 32.4. The van der Waals surface area contributed by atoms with Crippen LogP contribution < -0.4 is 0 Å². The number of imidazole rings is 1. The van der Waals surface area contributed by atoms with Gasteiger partial charge in [0, 0.05) is 6.20 Å². The first kappa shape index (κ1) is 18.5. The Labute approximate surface area is 156 Å². The molecule has 0 saturated heterocycles. The van der Waals surface area contributed by atoms with E-state index < -0.39 is 15.8 Å². The van der Waals surface area contributed by atoms with Crippen LogP contribution in [0.25, 0.3) is 5.65 Å². The summed E-state index contributed by atoms with van der Waals surface area (Å²) in [5, 5.41) is 0.494. The summed E-state index contributed by atoms with van der Waals surface area (Å²) in [4.78, 5) is 17.0. The van der Waals surface area contributed by atoms with E-state index in [4.69, 9.17) is 4.74 Å². The number of nitrogens with zero attached hydrogens (tertiary/aromatic N) is 2. The molecule has 0 fully saturated rings. The zero-order chi connectivity index (χ0) is 18.9. The number of rotatable bonds is 5. The number of fused-ring (bicyclic) bond motifs is 1. The molecule has 0 N–H and O–H groups in total. The Kier molecular flexibility index (Phi) is 5.06. The number of hydrogen-bond acceptors (Lipinski definition) is 6. The lowest BCUT2D eigenvalue weighted by molar-refractivity contribution is 0.0513. The molecule has 3 rings (SSSR count). The zero-order valence-electron chi connectivity index (χ0n) is 14.6. The summed E-state index contributed by atoms with van der Waals surface area (Å²) in [5.41, 5.74) is 1.69. The van der Waals surface area contributed by atoms with Crippen molar-refractivity contribution in [2.24, 2.45) is 0 Å². The Hall–Kier alpha value is -2.32. The topological polar surface area (TPSA) is 77.7 Å². The predicted molar refractivity (Wildman–Crippen MR) is 99.6 cm³/mol. The lowest BCUT2D eigenvalue weighted by atomic mass is 10.2. The first-order valence-electron chi connectivity index (χ1n) is 7.93. The van der Waals surface area contributed by atoms with E-state index in [1.807, 2.05) is 6.92 Å². The number of hydrogen-bond donors (Lipinski definition) is 0. The fourth-order valence-electron chi connectivity index (χ4n) is 2.54. The third-order valence-electron chi connectivity index (χ3n) is 3.86. The normalized spacial score (nSPS) is 11.7. The number of aryl methyl sites for hydroxylation is 1. The van der Waals surface area contributed by atoms with Crippen molar-refractivity contribution in [1.29, 1.82) is 0 Å². The zero-order valence-corrected chi connectivity index (χ0v) is 16.2. The number of ether oxygens (including phenoxy) is 1. The molecule has 136 valence electrons. The number of carbonyl (C=O) groups excluding carboxylic acids is 1. The van der Waals surface area contributed by atoms with Crippen LogP contribution in [0.4, 0.5) is 0 Å². The molecule has 6 nitrogen and oxygen atoms in total. The molecule has 0 spiro atoms. The first-order chi connectivity index (χ1) is 12.4. The van der Waals surface area contributed by atoms with Crippen LogP contribution in [0.5, 0.6) is 0 Å². The molecule has 26 heavy (non-hydrogen) atoms. The van der Waals surface area contributed by atoms with Crippen LogP contribution in [-0.2, 0) is 14.6 Å². The van der Waals surface area contributed by atoms with Gasteiger partial charge in [0.05, 0.1) is 16.4 Å². The average Bonchev–Trinajstić information content (AvgIpc) is 3.00. The molecule has 0 saturated carbocycles. The summed E-state index contributed by atoms with van der Waals surface area (Å²) >= 11 is 1.30. The van der Waals surface area contributed by atoms with Gasteiger partial charge in [0.25, 0.3) is 0 Å². The van der Waals surface area contributed by atoms with Gasteiger partial charge in [0.1, 0.15) is 10.7 Å². The highest BCUT2D eigenvalue weighted by Crippen LogP contribution is 2.26. The van der Waals surface area contributed by atoms with Crippen molar-refractivity contribution < 1.29 is 17.9 Å². The van der Waals surface area contributed by atoms with Gasteiger partial charge in [-0.05, 0) is 44.4 Å². The molecule has 0 aliphatic rings. The molecule has 0 unspecified atom stereocenters. The van der Waals surface area contributed by atoms with Gasteiger partial charge in [-0.1, -0.05) is 17.7 Å². The summed E-state index contributed by atoms with van der Waals surface area (Å²) in [6.07, 6.45) is 3.22. The maximum Gasteiger partial charge on any atom is 0.358 e. The third-order valence-corrected chi connectivity index (χ3v) is 6.29. The van der Waals surface area contributed by atoms with E-state index >= 15 is 0 Å². The van der Waals surface area contributed by atoms with Gasteiger partial charge >= 0.3 is 5.97 Å². The number of thioether (sulfide) groups is 1. The van der Waals surface area contributed by atoms with E-state index in [0.29, 0.717) is 10.7 Å². The Morgan fingerprint density at radius 3 is 2.42 bits per heavy atom. The van der Waals surface area contributed by atoms with Crippen molar-refractivity contribution in [3.63, 3.8) is 0 Å². The predicted octanol–water partition coefficient (Wildman–Crippen LogP) is 3.37. The van der Waals surface area contributed by atoms with E-state index in [1.165, 1.54) is 28.4 Å². The van der Waals surface area contributed by atoms with Crippen molar-refractivity contribution >= 4 is 33.2 Å². The van der Waals surface area contributed by atoms with Gasteiger partial charge in [0.2, 0.25) is 9.84 Å². The van der Waals surface area contributed by atoms with Crippen molar-refractivity contribution in [1.82, 2.24) is 9.38 Å². The lowest BCUT2D eigenvalue weighted by Crippen LogP contribution is -2.10. The second-order valence-electron chi connectivity index (χ2n) is 5.60. The quantitative estimate of drug-likeness (QED) is 0.491. The van der Waals surface area contributed by atoms with Crippen molar-refractivity contribution in [2.45, 2.75) is 28.7 Å². The Bertz CT molecular complexity index is 1070. The van der Waals surface area contributed by atoms with Gasteiger partial charge < -0.3 is 4.74 Å². The molecule has 0 amide bonds. The van der Waals surface area contributed by atoms with Crippen LogP contribution in [0.1, 0.15) is 23.0 Å². The molecular weight excluding hydrogens is 372 g/mol. The van der Waals surface area contributed by atoms with E-state index in [0.717, 1.165) is 5.56 Å². The molecule has 3 aromatic rings. The van der Waals surface area contributed by atoms with Crippen molar-refractivity contribution in [3.05, 3.63) is 53.9 Å². The minimum absolute atomic E-state index is 0.0875. The highest BCUT2D eigenvalue weighted by Gasteiger charge is 2.23. The molecule has 0 atom stereocenters. The van der Waals surface area contributed by atoms with E-state index in [2.05, 4.69) is 4.98 Å². The van der Waals surface area contributed by atoms with Gasteiger partial charge in [0.15, 0.2) is 5.69 Å². The van der Waals surface area contributed by atoms with Crippen LogP contribution in [-0.4, -0.2) is 36.6 Å². The highest BCUT2D eigenvalue weighted by molar-refractivity contribution is 7.98. The summed E-state index contributed by atoms with van der Waals surface area (Å²) in [5.74, 6) is -0.533. The van der Waals surface area contributed by atoms with E-state index in [-0.39, 0.29) is 22.1 Å². The Morgan fingerprint density at radius 2 is 1.81 bits per heavy atom. The van der Waals surface area contributed by atoms with Crippen LogP contribution >= 0.6 is 11.8 Å². The smallest absolute Gasteiger partial charge is 0.358 e. The fourth-order valence-corrected chi connectivity index (χ4v) is 4.36. The average molecular weight is 390 g/mol. The largest absolute Gasteiger partial charge is 0.461 e. The van der Waals surface area contributed by atoms with E-state index in [1.54, 1.807) is 43.5 Å². The number of aromatic nitrogens is 2. The number of benzene rings is 1. The van der Waals surface area contributed by atoms with E-state index in [9.17, 15) is 13.2 Å². The van der Waals surface area contributed by atoms with Gasteiger partial charge in [-0.3, -0.25) is 4.40 Å². The SMILES string of the molecule is CCOC(=O)c1c(SC)nc2ccc(S(=O)(=O)c3ccc(C)cc3)cn12. The number of sulfone groups is 1. The van der Waals surface area contributed by atoms with Crippen LogP contribution in [0, 0.1) is 6.92 Å². The molecular formula is C18H18N2O4S2. The fraction of sp³-hybridized carbons (Fsp3) is 0.222. The Morgan fingerprint density at radius 1 is 1.15 bits per heavy atom. The highest BCUT2D eigenvalue weighted by atomic mass is 32.2. The molecule has 0 bridgehead atoms. The number of pyridine rings is 1. The molecule has 0 radical (unpaired) electrons. The minimum Gasteiger partial charge on any atom is -0.461 e. The van der Waals surface area contributed by atoms with Crippen LogP contribution in [0.15, 0.2) is 57.4 Å². The van der Waals surface area contributed by atoms with Crippen LogP contribution in [0.3, 0.4) is 0 Å². The molecule has 8 heteroatoms. The lowest BCUT2D eigenvalue weighted by Gasteiger charge is -2.07. The molecule has 1 aromatic carbocycles. The van der Waals surface area contributed by atoms with Gasteiger partial charge in [-0.2, -0.15) is 0 Å². The molecule has 2 heterocycles. The second-order valence-corrected chi connectivity index (χ2v) is 8.34.